The zero-order valence-corrected chi connectivity index (χ0v) is 18.1. The maximum absolute atomic E-state index is 12.6. The molecule has 0 unspecified atom stereocenters. The van der Waals surface area contributed by atoms with Gasteiger partial charge in [-0.1, -0.05) is 41.4 Å². The average Bonchev–Trinajstić information content (AvgIpc) is 3.50. The van der Waals surface area contributed by atoms with Gasteiger partial charge >= 0.3 is 0 Å². The Balaban J connectivity index is 1.53. The number of carbonyl (C=O) groups excluding carboxylic acids is 2. The van der Waals surface area contributed by atoms with Crippen LogP contribution in [-0.4, -0.2) is 35.8 Å². The third kappa shape index (κ3) is 6.20. The summed E-state index contributed by atoms with van der Waals surface area (Å²) >= 11 is 11.9. The molecule has 0 saturated heterocycles. The summed E-state index contributed by atoms with van der Waals surface area (Å²) in [5, 5.41) is 6.69. The van der Waals surface area contributed by atoms with Crippen molar-refractivity contribution in [2.45, 2.75) is 39.2 Å². The highest BCUT2D eigenvalue weighted by Crippen LogP contribution is 2.28. The van der Waals surface area contributed by atoms with Crippen LogP contribution in [0, 0.1) is 13.8 Å². The fourth-order valence-electron chi connectivity index (χ4n) is 3.25. The van der Waals surface area contributed by atoms with E-state index in [0.717, 1.165) is 29.7 Å². The maximum Gasteiger partial charge on any atom is 0.238 e. The highest BCUT2D eigenvalue weighted by molar-refractivity contribution is 6.42. The zero-order valence-electron chi connectivity index (χ0n) is 16.6. The van der Waals surface area contributed by atoms with Crippen molar-refractivity contribution >= 4 is 46.4 Å². The second-order valence-electron chi connectivity index (χ2n) is 7.44. The number of anilines is 2. The topological polar surface area (TPSA) is 61.4 Å². The van der Waals surface area contributed by atoms with E-state index >= 15 is 0 Å². The van der Waals surface area contributed by atoms with E-state index in [-0.39, 0.29) is 18.4 Å². The molecule has 154 valence electrons. The van der Waals surface area contributed by atoms with E-state index in [0.29, 0.717) is 34.7 Å². The van der Waals surface area contributed by atoms with Crippen LogP contribution in [0.5, 0.6) is 0 Å². The van der Waals surface area contributed by atoms with Crippen molar-refractivity contribution in [1.82, 2.24) is 4.90 Å². The van der Waals surface area contributed by atoms with E-state index < -0.39 is 0 Å². The summed E-state index contributed by atoms with van der Waals surface area (Å²) < 4.78 is 0. The first-order valence-corrected chi connectivity index (χ1v) is 10.4. The molecule has 1 aliphatic rings. The van der Waals surface area contributed by atoms with Gasteiger partial charge < -0.3 is 10.6 Å². The zero-order chi connectivity index (χ0) is 21.0. The number of halogens is 2. The Morgan fingerprint density at radius 1 is 1.00 bits per heavy atom. The molecule has 5 nitrogen and oxygen atoms in total. The Hall–Kier alpha value is -2.08. The van der Waals surface area contributed by atoms with E-state index in [1.165, 1.54) is 0 Å². The number of para-hydroxylation sites is 1. The summed E-state index contributed by atoms with van der Waals surface area (Å²) in [6.07, 6.45) is 2.42. The van der Waals surface area contributed by atoms with Crippen LogP contribution >= 0.6 is 23.2 Å². The summed E-state index contributed by atoms with van der Waals surface area (Å²) in [5.74, 6) is -0.177. The molecule has 0 bridgehead atoms. The van der Waals surface area contributed by atoms with Crippen molar-refractivity contribution in [2.24, 2.45) is 0 Å². The minimum atomic E-state index is -0.121. The molecule has 29 heavy (non-hydrogen) atoms. The van der Waals surface area contributed by atoms with Gasteiger partial charge in [0.2, 0.25) is 11.8 Å². The smallest absolute Gasteiger partial charge is 0.238 e. The third-order valence-corrected chi connectivity index (χ3v) is 5.72. The molecule has 2 aromatic rings. The average molecular weight is 434 g/mol. The molecule has 2 aromatic carbocycles. The van der Waals surface area contributed by atoms with E-state index in [1.54, 1.807) is 18.2 Å². The highest BCUT2D eigenvalue weighted by Gasteiger charge is 2.30. The Morgan fingerprint density at radius 2 is 1.69 bits per heavy atom. The largest absolute Gasteiger partial charge is 0.326 e. The molecule has 3 rings (SSSR count). The molecule has 0 aromatic heterocycles. The number of nitrogens with one attached hydrogen (secondary N) is 2. The van der Waals surface area contributed by atoms with Crippen molar-refractivity contribution in [3.8, 4) is 0 Å². The molecule has 2 amide bonds. The molecule has 0 atom stereocenters. The lowest BCUT2D eigenvalue weighted by Crippen LogP contribution is -2.37. The van der Waals surface area contributed by atoms with Gasteiger partial charge in [0, 0.05) is 30.4 Å². The first kappa shape index (κ1) is 21.6. The minimum absolute atomic E-state index is 0.0563. The lowest BCUT2D eigenvalue weighted by Gasteiger charge is -2.22. The number of aryl methyl sites for hydroxylation is 2. The van der Waals surface area contributed by atoms with Gasteiger partial charge in [0.25, 0.3) is 0 Å². The Bertz CT molecular complexity index is 893. The van der Waals surface area contributed by atoms with Crippen molar-refractivity contribution < 1.29 is 9.59 Å². The quantitative estimate of drug-likeness (QED) is 0.612. The van der Waals surface area contributed by atoms with Crippen molar-refractivity contribution in [3.63, 3.8) is 0 Å². The monoisotopic (exact) mass is 433 g/mol. The minimum Gasteiger partial charge on any atom is -0.326 e. The molecular weight excluding hydrogens is 409 g/mol. The van der Waals surface area contributed by atoms with Gasteiger partial charge in [-0.05, 0) is 56.0 Å². The molecule has 1 aliphatic carbocycles. The van der Waals surface area contributed by atoms with Gasteiger partial charge in [-0.15, -0.1) is 0 Å². The molecule has 0 aliphatic heterocycles. The second kappa shape index (κ2) is 9.61. The van der Waals surface area contributed by atoms with E-state index in [1.807, 2.05) is 32.0 Å². The fraction of sp³-hybridized carbons (Fsp3) is 0.364. The predicted molar refractivity (Wildman–Crippen MR) is 119 cm³/mol. The Kier molecular flexibility index (Phi) is 7.17. The number of hydrogen-bond acceptors (Lipinski definition) is 3. The van der Waals surface area contributed by atoms with Crippen LogP contribution in [0.2, 0.25) is 10.0 Å². The van der Waals surface area contributed by atoms with Crippen LogP contribution < -0.4 is 10.6 Å². The molecule has 2 N–H and O–H groups in total. The van der Waals surface area contributed by atoms with Gasteiger partial charge in [0.1, 0.15) is 0 Å². The third-order valence-electron chi connectivity index (χ3n) is 4.98. The molecule has 0 radical (unpaired) electrons. The summed E-state index contributed by atoms with van der Waals surface area (Å²) in [7, 11) is 0. The molecular formula is C22H25Cl2N3O2. The van der Waals surface area contributed by atoms with Gasteiger partial charge in [0.15, 0.2) is 0 Å². The fourth-order valence-corrected chi connectivity index (χ4v) is 3.55. The standard InChI is InChI=1S/C22H25Cl2N3O2/c1-14-4-3-5-15(2)22(14)26-21(29)13-27(17-7-8-17)11-10-20(28)25-16-6-9-18(23)19(24)12-16/h3-6,9,12,17H,7-8,10-11,13H2,1-2H3,(H,25,28)(H,26,29). The molecule has 7 heteroatoms. The summed E-state index contributed by atoms with van der Waals surface area (Å²) in [5.41, 5.74) is 3.55. The Labute approximate surface area is 181 Å². The molecule has 0 spiro atoms. The van der Waals surface area contributed by atoms with E-state index in [9.17, 15) is 9.59 Å². The van der Waals surface area contributed by atoms with Crippen molar-refractivity contribution in [3.05, 3.63) is 57.6 Å². The second-order valence-corrected chi connectivity index (χ2v) is 8.26. The summed E-state index contributed by atoms with van der Waals surface area (Å²) in [4.78, 5) is 27.0. The normalized spacial score (nSPS) is 13.4. The highest BCUT2D eigenvalue weighted by atomic mass is 35.5. The van der Waals surface area contributed by atoms with Crippen LogP contribution in [0.4, 0.5) is 11.4 Å². The lowest BCUT2D eigenvalue weighted by molar-refractivity contribution is -0.119. The van der Waals surface area contributed by atoms with Gasteiger partial charge in [0.05, 0.1) is 16.6 Å². The number of amides is 2. The number of hydrogen-bond donors (Lipinski definition) is 2. The van der Waals surface area contributed by atoms with Crippen molar-refractivity contribution in [1.29, 1.82) is 0 Å². The van der Waals surface area contributed by atoms with Crippen LogP contribution in [0.3, 0.4) is 0 Å². The maximum atomic E-state index is 12.6. The van der Waals surface area contributed by atoms with Gasteiger partial charge in [-0.3, -0.25) is 14.5 Å². The number of carbonyl (C=O) groups is 2. The number of rotatable bonds is 8. The summed E-state index contributed by atoms with van der Waals surface area (Å²) in [6, 6.07) is 11.3. The van der Waals surface area contributed by atoms with E-state index in [2.05, 4.69) is 15.5 Å². The molecule has 1 fully saturated rings. The molecule has 0 heterocycles. The van der Waals surface area contributed by atoms with Gasteiger partial charge in [-0.2, -0.15) is 0 Å². The van der Waals surface area contributed by atoms with Gasteiger partial charge in [-0.25, -0.2) is 0 Å². The Morgan fingerprint density at radius 3 is 2.31 bits per heavy atom. The predicted octanol–water partition coefficient (Wildman–Crippen LogP) is 5.04. The van der Waals surface area contributed by atoms with Crippen LogP contribution in [-0.2, 0) is 9.59 Å². The summed E-state index contributed by atoms with van der Waals surface area (Å²) in [6.45, 7) is 4.76. The van der Waals surface area contributed by atoms with Crippen molar-refractivity contribution in [2.75, 3.05) is 23.7 Å². The first-order chi connectivity index (χ1) is 13.8. The van der Waals surface area contributed by atoms with Crippen LogP contribution in [0.1, 0.15) is 30.4 Å². The first-order valence-electron chi connectivity index (χ1n) is 9.68. The van der Waals surface area contributed by atoms with E-state index in [4.69, 9.17) is 23.2 Å². The van der Waals surface area contributed by atoms with Crippen LogP contribution in [0.15, 0.2) is 36.4 Å². The number of benzene rings is 2. The number of nitrogens with zero attached hydrogens (tertiary/aromatic N) is 1. The SMILES string of the molecule is Cc1cccc(C)c1NC(=O)CN(CCC(=O)Nc1ccc(Cl)c(Cl)c1)C1CC1. The lowest BCUT2D eigenvalue weighted by atomic mass is 10.1. The molecule has 1 saturated carbocycles. The van der Waals surface area contributed by atoms with Crippen LogP contribution in [0.25, 0.3) is 0 Å².